The molecule has 0 amide bonds. The first-order valence-corrected chi connectivity index (χ1v) is 9.37. The minimum absolute atomic E-state index is 0.399. The number of hydrogen-bond donors (Lipinski definition) is 1. The second-order valence-corrected chi connectivity index (χ2v) is 7.49. The van der Waals surface area contributed by atoms with E-state index in [9.17, 15) is 0 Å². The van der Waals surface area contributed by atoms with Gasteiger partial charge < -0.3 is 19.9 Å². The van der Waals surface area contributed by atoms with Gasteiger partial charge in [-0.05, 0) is 60.0 Å². The Kier molecular flexibility index (Phi) is 7.15. The fourth-order valence-corrected chi connectivity index (χ4v) is 3.43. The number of likely N-dealkylation sites (tertiary alicyclic amines) is 1. The number of guanidine groups is 1. The van der Waals surface area contributed by atoms with Gasteiger partial charge in [-0.3, -0.25) is 4.99 Å². The molecule has 23 heavy (non-hydrogen) atoms. The van der Waals surface area contributed by atoms with E-state index in [-0.39, 0.29) is 0 Å². The Hall–Kier alpha value is -0.810. The van der Waals surface area contributed by atoms with E-state index in [4.69, 9.17) is 9.73 Å². The van der Waals surface area contributed by atoms with Gasteiger partial charge in [-0.15, -0.1) is 0 Å². The van der Waals surface area contributed by atoms with Crippen LogP contribution in [0.3, 0.4) is 0 Å². The van der Waals surface area contributed by atoms with Crippen molar-refractivity contribution < 1.29 is 4.74 Å². The van der Waals surface area contributed by atoms with Crippen molar-refractivity contribution in [1.29, 1.82) is 0 Å². The van der Waals surface area contributed by atoms with Gasteiger partial charge in [0.1, 0.15) is 0 Å². The highest BCUT2D eigenvalue weighted by atomic mass is 16.5. The van der Waals surface area contributed by atoms with Crippen molar-refractivity contribution in [2.75, 3.05) is 53.0 Å². The fraction of sp³-hybridized carbons (Fsp3) is 0.944. The van der Waals surface area contributed by atoms with E-state index in [1.54, 1.807) is 0 Å². The zero-order chi connectivity index (χ0) is 16.7. The standard InChI is InChI=1S/C18H36N4O/c1-5-19-17(20-10-6-7-11-21(4)16(2)3)22-12-8-18(14-22)9-13-23-15-18/h16H,5-15H2,1-4H3,(H,19,20). The molecule has 1 spiro atoms. The number of rotatable bonds is 7. The van der Waals surface area contributed by atoms with Crippen LogP contribution in [0.25, 0.3) is 0 Å². The Balaban J connectivity index is 1.76. The van der Waals surface area contributed by atoms with Crippen LogP contribution in [-0.2, 0) is 4.74 Å². The van der Waals surface area contributed by atoms with Crippen molar-refractivity contribution in [2.24, 2.45) is 10.4 Å². The molecule has 0 radical (unpaired) electrons. The van der Waals surface area contributed by atoms with Crippen LogP contribution in [0.2, 0.25) is 0 Å². The molecule has 2 fully saturated rings. The molecule has 2 saturated heterocycles. The predicted molar refractivity (Wildman–Crippen MR) is 97.0 cm³/mol. The summed E-state index contributed by atoms with van der Waals surface area (Å²) in [5.41, 5.74) is 0.399. The van der Waals surface area contributed by atoms with Gasteiger partial charge in [-0.25, -0.2) is 0 Å². The second kappa shape index (κ2) is 8.88. The predicted octanol–water partition coefficient (Wildman–Crippen LogP) is 2.18. The van der Waals surface area contributed by atoms with E-state index in [1.807, 2.05) is 0 Å². The summed E-state index contributed by atoms with van der Waals surface area (Å²) in [6.07, 6.45) is 4.84. The van der Waals surface area contributed by atoms with Gasteiger partial charge >= 0.3 is 0 Å². The molecule has 0 aliphatic carbocycles. The first-order valence-electron chi connectivity index (χ1n) is 9.37. The van der Waals surface area contributed by atoms with Crippen LogP contribution >= 0.6 is 0 Å². The maximum atomic E-state index is 5.63. The van der Waals surface area contributed by atoms with Crippen LogP contribution in [0.5, 0.6) is 0 Å². The first-order chi connectivity index (χ1) is 11.1. The van der Waals surface area contributed by atoms with Crippen molar-refractivity contribution in [3.63, 3.8) is 0 Å². The molecular weight excluding hydrogens is 288 g/mol. The Morgan fingerprint density at radius 2 is 2.17 bits per heavy atom. The van der Waals surface area contributed by atoms with Gasteiger partial charge in [0.05, 0.1) is 6.61 Å². The van der Waals surface area contributed by atoms with Crippen molar-refractivity contribution >= 4 is 5.96 Å². The molecule has 2 aliphatic heterocycles. The van der Waals surface area contributed by atoms with Crippen LogP contribution in [-0.4, -0.2) is 74.8 Å². The van der Waals surface area contributed by atoms with Crippen molar-refractivity contribution in [1.82, 2.24) is 15.1 Å². The van der Waals surface area contributed by atoms with E-state index < -0.39 is 0 Å². The molecule has 1 N–H and O–H groups in total. The van der Waals surface area contributed by atoms with E-state index >= 15 is 0 Å². The van der Waals surface area contributed by atoms with E-state index in [2.05, 4.69) is 42.9 Å². The average molecular weight is 325 g/mol. The summed E-state index contributed by atoms with van der Waals surface area (Å²) in [5, 5.41) is 3.47. The zero-order valence-electron chi connectivity index (χ0n) is 15.6. The van der Waals surface area contributed by atoms with Gasteiger partial charge in [-0.2, -0.15) is 0 Å². The van der Waals surface area contributed by atoms with Crippen LogP contribution < -0.4 is 5.32 Å². The first kappa shape index (κ1) is 18.5. The molecule has 1 atom stereocenters. The fourth-order valence-electron chi connectivity index (χ4n) is 3.43. The van der Waals surface area contributed by atoms with Gasteiger partial charge in [0.25, 0.3) is 0 Å². The highest BCUT2D eigenvalue weighted by Crippen LogP contribution is 2.38. The SMILES string of the molecule is CCNC(=NCCCCN(C)C(C)C)N1CCC2(CCOC2)C1. The average Bonchev–Trinajstić information content (AvgIpc) is 3.16. The summed E-state index contributed by atoms with van der Waals surface area (Å²) in [5.74, 6) is 1.11. The minimum Gasteiger partial charge on any atom is -0.381 e. The van der Waals surface area contributed by atoms with Crippen LogP contribution in [0.15, 0.2) is 4.99 Å². The molecule has 5 heteroatoms. The second-order valence-electron chi connectivity index (χ2n) is 7.49. The third-order valence-electron chi connectivity index (χ3n) is 5.32. The van der Waals surface area contributed by atoms with E-state index in [0.29, 0.717) is 11.5 Å². The molecule has 134 valence electrons. The molecular formula is C18H36N4O. The molecule has 2 heterocycles. The molecule has 1 unspecified atom stereocenters. The lowest BCUT2D eigenvalue weighted by Gasteiger charge is -2.25. The topological polar surface area (TPSA) is 40.1 Å². The minimum atomic E-state index is 0.399. The van der Waals surface area contributed by atoms with Crippen LogP contribution in [0.4, 0.5) is 0 Å². The molecule has 0 saturated carbocycles. The third kappa shape index (κ3) is 5.35. The number of ether oxygens (including phenoxy) is 1. The smallest absolute Gasteiger partial charge is 0.193 e. The summed E-state index contributed by atoms with van der Waals surface area (Å²) in [7, 11) is 2.20. The van der Waals surface area contributed by atoms with Gasteiger partial charge in [0, 0.05) is 44.2 Å². The number of nitrogens with zero attached hydrogens (tertiary/aromatic N) is 3. The van der Waals surface area contributed by atoms with E-state index in [0.717, 1.165) is 58.3 Å². The van der Waals surface area contributed by atoms with Crippen LogP contribution in [0, 0.1) is 5.41 Å². The monoisotopic (exact) mass is 324 g/mol. The maximum Gasteiger partial charge on any atom is 0.193 e. The van der Waals surface area contributed by atoms with Gasteiger partial charge in [0.2, 0.25) is 0 Å². The molecule has 0 aromatic rings. The number of nitrogens with one attached hydrogen (secondary N) is 1. The largest absolute Gasteiger partial charge is 0.381 e. The van der Waals surface area contributed by atoms with Crippen molar-refractivity contribution in [3.8, 4) is 0 Å². The zero-order valence-corrected chi connectivity index (χ0v) is 15.6. The summed E-state index contributed by atoms with van der Waals surface area (Å²) < 4.78 is 5.63. The number of hydrogen-bond acceptors (Lipinski definition) is 3. The van der Waals surface area contributed by atoms with Crippen molar-refractivity contribution in [3.05, 3.63) is 0 Å². The Labute approximate surface area is 142 Å². The lowest BCUT2D eigenvalue weighted by molar-refractivity contribution is 0.156. The van der Waals surface area contributed by atoms with Gasteiger partial charge in [-0.1, -0.05) is 0 Å². The number of aliphatic imine (C=N–C) groups is 1. The molecule has 0 bridgehead atoms. The van der Waals surface area contributed by atoms with Crippen molar-refractivity contribution in [2.45, 2.75) is 52.5 Å². The molecule has 2 rings (SSSR count). The highest BCUT2D eigenvalue weighted by molar-refractivity contribution is 5.80. The van der Waals surface area contributed by atoms with E-state index in [1.165, 1.54) is 19.3 Å². The number of unbranched alkanes of at least 4 members (excludes halogenated alkanes) is 1. The molecule has 0 aromatic heterocycles. The molecule has 0 aromatic carbocycles. The Morgan fingerprint density at radius 3 is 2.83 bits per heavy atom. The molecule has 5 nitrogen and oxygen atoms in total. The van der Waals surface area contributed by atoms with Gasteiger partial charge in [0.15, 0.2) is 5.96 Å². The normalized spacial score (nSPS) is 25.3. The lowest BCUT2D eigenvalue weighted by Crippen LogP contribution is -2.41. The summed E-state index contributed by atoms with van der Waals surface area (Å²) >= 11 is 0. The van der Waals surface area contributed by atoms with Crippen LogP contribution in [0.1, 0.15) is 46.5 Å². The third-order valence-corrected chi connectivity index (χ3v) is 5.32. The highest BCUT2D eigenvalue weighted by Gasteiger charge is 2.42. The Morgan fingerprint density at radius 1 is 1.35 bits per heavy atom. The summed E-state index contributed by atoms with van der Waals surface area (Å²) in [4.78, 5) is 9.71. The molecule has 2 aliphatic rings. The quantitative estimate of drug-likeness (QED) is 0.443. The summed E-state index contributed by atoms with van der Waals surface area (Å²) in [6.45, 7) is 13.8. The summed E-state index contributed by atoms with van der Waals surface area (Å²) in [6, 6.07) is 0.630. The lowest BCUT2D eigenvalue weighted by atomic mass is 9.87. The maximum absolute atomic E-state index is 5.63. The Bertz CT molecular complexity index is 377.